The van der Waals surface area contributed by atoms with Crippen LogP contribution in [0.2, 0.25) is 18.1 Å². The number of hydrogen-bond donors (Lipinski definition) is 2. The predicted octanol–water partition coefficient (Wildman–Crippen LogP) is 6.69. The van der Waals surface area contributed by atoms with Gasteiger partial charge in [0.2, 0.25) is 0 Å². The van der Waals surface area contributed by atoms with E-state index in [0.717, 1.165) is 16.7 Å². The standard InChI is InChI=1S/C40H52N2O8Si/c1-27-26-42(38(45)41-37(27)44)35-25-34(50-51(7,8)39(2,3)4)36(48-35)33(15-12-24-43)49-40(28-13-10-9-11-14-28,29-16-20-31(46-5)21-17-29)30-18-22-32(47-6)23-19-30/h9-11,13-14,16-23,26,33-36,43H,12,15,24-25H2,1-8H3,(H,41,44,45)/t33-,34+,35-,36-/m1/s1. The zero-order chi connectivity index (χ0) is 37.0. The van der Waals surface area contributed by atoms with E-state index in [1.807, 2.05) is 78.9 Å². The summed E-state index contributed by atoms with van der Waals surface area (Å²) < 4.78 is 34.1. The number of nitrogens with zero attached hydrogens (tertiary/aromatic N) is 1. The van der Waals surface area contributed by atoms with Gasteiger partial charge >= 0.3 is 5.69 Å². The molecule has 0 amide bonds. The lowest BCUT2D eigenvalue weighted by molar-refractivity contribution is -0.146. The summed E-state index contributed by atoms with van der Waals surface area (Å²) in [7, 11) is 0.887. The molecule has 4 aromatic rings. The van der Waals surface area contributed by atoms with Crippen molar-refractivity contribution in [1.29, 1.82) is 0 Å². The van der Waals surface area contributed by atoms with Crippen LogP contribution in [0.15, 0.2) is 94.6 Å². The van der Waals surface area contributed by atoms with Gasteiger partial charge < -0.3 is 28.5 Å². The van der Waals surface area contributed by atoms with Crippen LogP contribution in [0.25, 0.3) is 0 Å². The maximum atomic E-state index is 13.2. The summed E-state index contributed by atoms with van der Waals surface area (Å²) in [6.07, 6.45) is 0.340. The van der Waals surface area contributed by atoms with Crippen molar-refractivity contribution in [1.82, 2.24) is 9.55 Å². The highest BCUT2D eigenvalue weighted by Gasteiger charge is 2.50. The Morgan fingerprint density at radius 1 is 0.902 bits per heavy atom. The maximum absolute atomic E-state index is 13.2. The fourth-order valence-corrected chi connectivity index (χ4v) is 7.81. The number of methoxy groups -OCH3 is 2. The number of hydrogen-bond acceptors (Lipinski definition) is 8. The van der Waals surface area contributed by atoms with Crippen LogP contribution in [0.1, 0.15) is 68.5 Å². The van der Waals surface area contributed by atoms with Gasteiger partial charge in [-0.3, -0.25) is 14.3 Å². The minimum Gasteiger partial charge on any atom is -0.497 e. The molecule has 3 aromatic carbocycles. The molecule has 51 heavy (non-hydrogen) atoms. The monoisotopic (exact) mass is 716 g/mol. The highest BCUT2D eigenvalue weighted by Crippen LogP contribution is 2.47. The Hall–Kier alpha value is -4.00. The van der Waals surface area contributed by atoms with Crippen LogP contribution in [0.5, 0.6) is 11.5 Å². The molecule has 10 nitrogen and oxygen atoms in total. The average molecular weight is 717 g/mol. The molecule has 1 aliphatic rings. The molecule has 0 bridgehead atoms. The Labute approximate surface area is 301 Å². The fraction of sp³-hybridized carbons (Fsp3) is 0.450. The second-order valence-corrected chi connectivity index (χ2v) is 19.5. The van der Waals surface area contributed by atoms with Crippen molar-refractivity contribution in [3.05, 3.63) is 128 Å². The van der Waals surface area contributed by atoms with E-state index < -0.39 is 49.7 Å². The van der Waals surface area contributed by atoms with Crippen LogP contribution < -0.4 is 20.7 Å². The van der Waals surface area contributed by atoms with E-state index in [9.17, 15) is 14.7 Å². The molecule has 274 valence electrons. The first-order valence-corrected chi connectivity index (χ1v) is 20.4. The number of H-pyrrole nitrogens is 1. The quantitative estimate of drug-likeness (QED) is 0.109. The number of nitrogens with one attached hydrogen (secondary N) is 1. The predicted molar refractivity (Wildman–Crippen MR) is 200 cm³/mol. The molecular formula is C40H52N2O8Si. The lowest BCUT2D eigenvalue weighted by atomic mass is 9.79. The average Bonchev–Trinajstić information content (AvgIpc) is 3.52. The van der Waals surface area contributed by atoms with E-state index in [2.05, 4.69) is 38.8 Å². The molecule has 1 fully saturated rings. The Morgan fingerprint density at radius 3 is 1.96 bits per heavy atom. The lowest BCUT2D eigenvalue weighted by Crippen LogP contribution is -2.50. The zero-order valence-electron chi connectivity index (χ0n) is 31.0. The summed E-state index contributed by atoms with van der Waals surface area (Å²) in [6, 6.07) is 25.7. The number of aliphatic hydroxyl groups is 1. The molecule has 2 heterocycles. The molecule has 0 radical (unpaired) electrons. The minimum absolute atomic E-state index is 0.0499. The topological polar surface area (TPSA) is 121 Å². The van der Waals surface area contributed by atoms with E-state index >= 15 is 0 Å². The third-order valence-corrected chi connectivity index (χ3v) is 14.8. The first-order valence-electron chi connectivity index (χ1n) is 17.5. The Morgan fingerprint density at radius 2 is 1.45 bits per heavy atom. The zero-order valence-corrected chi connectivity index (χ0v) is 32.0. The van der Waals surface area contributed by atoms with E-state index in [-0.39, 0.29) is 11.6 Å². The van der Waals surface area contributed by atoms with Gasteiger partial charge in [-0.2, -0.15) is 0 Å². The lowest BCUT2D eigenvalue weighted by Gasteiger charge is -2.43. The molecule has 1 aliphatic heterocycles. The summed E-state index contributed by atoms with van der Waals surface area (Å²) in [5.41, 5.74) is 0.863. The van der Waals surface area contributed by atoms with Gasteiger partial charge in [0.1, 0.15) is 29.4 Å². The first kappa shape index (κ1) is 38.2. The summed E-state index contributed by atoms with van der Waals surface area (Å²) in [5, 5.41) is 10.1. The number of benzene rings is 3. The second-order valence-electron chi connectivity index (χ2n) is 14.7. The van der Waals surface area contributed by atoms with Gasteiger partial charge in [0, 0.05) is 24.8 Å². The summed E-state index contributed by atoms with van der Waals surface area (Å²) in [6.45, 7) is 12.6. The molecule has 1 saturated heterocycles. The highest BCUT2D eigenvalue weighted by molar-refractivity contribution is 6.74. The van der Waals surface area contributed by atoms with Crippen molar-refractivity contribution < 1.29 is 28.5 Å². The molecule has 0 aliphatic carbocycles. The molecular weight excluding hydrogens is 665 g/mol. The van der Waals surface area contributed by atoms with Crippen molar-refractivity contribution in [2.45, 2.75) is 95.2 Å². The molecule has 0 saturated carbocycles. The third-order valence-electron chi connectivity index (χ3n) is 10.3. The third kappa shape index (κ3) is 8.08. The van der Waals surface area contributed by atoms with Crippen molar-refractivity contribution in [2.75, 3.05) is 20.8 Å². The number of aromatic amines is 1. The summed E-state index contributed by atoms with van der Waals surface area (Å²) >= 11 is 0. The number of ether oxygens (including phenoxy) is 4. The van der Waals surface area contributed by atoms with Crippen molar-refractivity contribution in [2.24, 2.45) is 0 Å². The molecule has 0 spiro atoms. The van der Waals surface area contributed by atoms with E-state index in [1.54, 1.807) is 27.3 Å². The summed E-state index contributed by atoms with van der Waals surface area (Å²) in [5.74, 6) is 1.41. The van der Waals surface area contributed by atoms with Crippen LogP contribution in [0.3, 0.4) is 0 Å². The molecule has 0 unspecified atom stereocenters. The number of aliphatic hydroxyl groups excluding tert-OH is 1. The van der Waals surface area contributed by atoms with Gasteiger partial charge in [0.05, 0.1) is 26.4 Å². The summed E-state index contributed by atoms with van der Waals surface area (Å²) in [4.78, 5) is 27.9. The van der Waals surface area contributed by atoms with Crippen LogP contribution in [-0.2, 0) is 19.5 Å². The van der Waals surface area contributed by atoms with Gasteiger partial charge in [-0.15, -0.1) is 0 Å². The Kier molecular flexibility index (Phi) is 11.8. The van der Waals surface area contributed by atoms with E-state index in [0.29, 0.717) is 36.3 Å². The molecule has 2 N–H and O–H groups in total. The van der Waals surface area contributed by atoms with E-state index in [4.69, 9.17) is 23.4 Å². The first-order chi connectivity index (χ1) is 24.2. The fourth-order valence-electron chi connectivity index (χ4n) is 6.47. The number of aryl methyl sites for hydroxylation is 1. The van der Waals surface area contributed by atoms with Crippen LogP contribution in [-0.4, -0.2) is 62.1 Å². The van der Waals surface area contributed by atoms with Gasteiger partial charge in [0.15, 0.2) is 8.32 Å². The molecule has 5 rings (SSSR count). The van der Waals surface area contributed by atoms with Crippen LogP contribution in [0, 0.1) is 6.92 Å². The Balaban J connectivity index is 1.71. The van der Waals surface area contributed by atoms with Crippen molar-refractivity contribution in [3.63, 3.8) is 0 Å². The SMILES string of the molecule is COc1ccc(C(O[C@H](CCCO)[C@H]2O[C@@H](n3cc(C)c(=O)[nH]c3=O)C[C@@H]2O[Si](C)(C)C(C)(C)C)(c2ccccc2)c2ccc(OC)cc2)cc1. The van der Waals surface area contributed by atoms with Gasteiger partial charge in [-0.25, -0.2) is 4.79 Å². The number of aromatic nitrogens is 2. The highest BCUT2D eigenvalue weighted by atomic mass is 28.4. The molecule has 1 aromatic heterocycles. The normalized spacial score (nSPS) is 18.8. The van der Waals surface area contributed by atoms with Crippen molar-refractivity contribution >= 4 is 8.32 Å². The molecule has 11 heteroatoms. The van der Waals surface area contributed by atoms with Gasteiger partial charge in [-0.05, 0) is 78.9 Å². The van der Waals surface area contributed by atoms with Gasteiger partial charge in [0.25, 0.3) is 5.56 Å². The number of rotatable bonds is 14. The second kappa shape index (κ2) is 15.7. The molecule has 4 atom stereocenters. The van der Waals surface area contributed by atoms with Crippen LogP contribution >= 0.6 is 0 Å². The largest absolute Gasteiger partial charge is 0.497 e. The van der Waals surface area contributed by atoms with E-state index in [1.165, 1.54) is 4.57 Å². The van der Waals surface area contributed by atoms with Crippen molar-refractivity contribution in [3.8, 4) is 11.5 Å². The van der Waals surface area contributed by atoms with Gasteiger partial charge in [-0.1, -0.05) is 75.4 Å². The maximum Gasteiger partial charge on any atom is 0.330 e. The minimum atomic E-state index is -2.38. The Bertz CT molecular complexity index is 1800. The van der Waals surface area contributed by atoms with Crippen LogP contribution in [0.4, 0.5) is 0 Å². The smallest absolute Gasteiger partial charge is 0.330 e.